The van der Waals surface area contributed by atoms with E-state index in [0.717, 1.165) is 19.8 Å². The Labute approximate surface area is 73.4 Å². The minimum absolute atomic E-state index is 0.108. The SMILES string of the molecule is CC(=O)O.CC(C)(N)CCCO. The molecule has 0 heterocycles. The number of rotatable bonds is 3. The van der Waals surface area contributed by atoms with Crippen LogP contribution in [0.4, 0.5) is 0 Å². The highest BCUT2D eigenvalue weighted by Crippen LogP contribution is 2.05. The van der Waals surface area contributed by atoms with E-state index in [1.807, 2.05) is 13.8 Å². The highest BCUT2D eigenvalue weighted by Gasteiger charge is 2.07. The third-order valence-corrected chi connectivity index (χ3v) is 0.979. The molecule has 0 fully saturated rings. The Kier molecular flexibility index (Phi) is 8.21. The van der Waals surface area contributed by atoms with Crippen molar-refractivity contribution in [2.75, 3.05) is 6.61 Å². The average Bonchev–Trinajstić information content (AvgIpc) is 1.80. The minimum atomic E-state index is -0.833. The second-order valence-electron chi connectivity index (χ2n) is 3.33. The molecule has 0 saturated carbocycles. The lowest BCUT2D eigenvalue weighted by atomic mass is 10.0. The average molecular weight is 177 g/mol. The van der Waals surface area contributed by atoms with Crippen LogP contribution < -0.4 is 5.73 Å². The van der Waals surface area contributed by atoms with Crippen LogP contribution in [0.1, 0.15) is 33.6 Å². The van der Waals surface area contributed by atoms with Gasteiger partial charge >= 0.3 is 0 Å². The third kappa shape index (κ3) is 34.3. The van der Waals surface area contributed by atoms with E-state index >= 15 is 0 Å². The van der Waals surface area contributed by atoms with E-state index in [1.165, 1.54) is 0 Å². The summed E-state index contributed by atoms with van der Waals surface area (Å²) in [6.07, 6.45) is 1.70. The maximum absolute atomic E-state index is 9.00. The van der Waals surface area contributed by atoms with E-state index in [1.54, 1.807) is 0 Å². The van der Waals surface area contributed by atoms with E-state index < -0.39 is 5.97 Å². The fraction of sp³-hybridized carbons (Fsp3) is 0.875. The van der Waals surface area contributed by atoms with Crippen molar-refractivity contribution in [2.24, 2.45) is 5.73 Å². The molecule has 0 atom stereocenters. The van der Waals surface area contributed by atoms with Crippen molar-refractivity contribution >= 4 is 5.97 Å². The molecule has 0 aliphatic carbocycles. The molecule has 0 bridgehead atoms. The zero-order valence-electron chi connectivity index (χ0n) is 8.00. The molecule has 0 spiro atoms. The third-order valence-electron chi connectivity index (χ3n) is 0.979. The Balaban J connectivity index is 0. The first kappa shape index (κ1) is 13.9. The summed E-state index contributed by atoms with van der Waals surface area (Å²) in [6, 6.07) is 0. The van der Waals surface area contributed by atoms with Gasteiger partial charge in [0.2, 0.25) is 0 Å². The summed E-state index contributed by atoms with van der Waals surface area (Å²) in [4.78, 5) is 9.00. The molecular weight excluding hydrogens is 158 g/mol. The first-order valence-electron chi connectivity index (χ1n) is 3.89. The van der Waals surface area contributed by atoms with Crippen molar-refractivity contribution in [1.82, 2.24) is 0 Å². The standard InChI is InChI=1S/C6H15NO.C2H4O2/c1-6(2,7)4-3-5-8;1-2(3)4/h8H,3-5,7H2,1-2H3;1H3,(H,3,4). The van der Waals surface area contributed by atoms with E-state index in [0.29, 0.717) is 0 Å². The van der Waals surface area contributed by atoms with Gasteiger partial charge in [-0.1, -0.05) is 0 Å². The van der Waals surface area contributed by atoms with Crippen LogP contribution in [0, 0.1) is 0 Å². The molecule has 4 N–H and O–H groups in total. The van der Waals surface area contributed by atoms with Crippen LogP contribution >= 0.6 is 0 Å². The minimum Gasteiger partial charge on any atom is -0.481 e. The molecule has 0 aromatic rings. The number of aliphatic hydroxyl groups excluding tert-OH is 1. The summed E-state index contributed by atoms with van der Waals surface area (Å²) in [5.41, 5.74) is 5.50. The highest BCUT2D eigenvalue weighted by atomic mass is 16.4. The Morgan fingerprint density at radius 2 is 1.83 bits per heavy atom. The largest absolute Gasteiger partial charge is 0.481 e. The van der Waals surface area contributed by atoms with E-state index in [9.17, 15) is 0 Å². The van der Waals surface area contributed by atoms with Gasteiger partial charge in [0.25, 0.3) is 5.97 Å². The van der Waals surface area contributed by atoms with Crippen LogP contribution in [-0.4, -0.2) is 28.3 Å². The lowest BCUT2D eigenvalue weighted by molar-refractivity contribution is -0.134. The Bertz CT molecular complexity index is 114. The molecule has 0 radical (unpaired) electrons. The number of aliphatic carboxylic acids is 1. The normalized spacial score (nSPS) is 10.1. The highest BCUT2D eigenvalue weighted by molar-refractivity contribution is 5.62. The Morgan fingerprint density at radius 3 is 1.92 bits per heavy atom. The molecular formula is C8H19NO3. The predicted octanol–water partition coefficient (Wildman–Crippen LogP) is 0.587. The molecule has 0 amide bonds. The maximum atomic E-state index is 9.00. The van der Waals surface area contributed by atoms with Gasteiger partial charge in [0.15, 0.2) is 0 Å². The number of carboxylic acids is 1. The maximum Gasteiger partial charge on any atom is 0.300 e. The quantitative estimate of drug-likeness (QED) is 0.589. The molecule has 0 aliphatic heterocycles. The number of nitrogens with two attached hydrogens (primary N) is 1. The van der Waals surface area contributed by atoms with E-state index in [-0.39, 0.29) is 12.1 Å². The number of aliphatic hydroxyl groups is 1. The van der Waals surface area contributed by atoms with Gasteiger partial charge in [-0.15, -0.1) is 0 Å². The van der Waals surface area contributed by atoms with Crippen molar-refractivity contribution in [2.45, 2.75) is 39.2 Å². The first-order valence-corrected chi connectivity index (χ1v) is 3.89. The first-order chi connectivity index (χ1) is 5.29. The van der Waals surface area contributed by atoms with E-state index in [2.05, 4.69) is 0 Å². The van der Waals surface area contributed by atoms with Crippen LogP contribution in [0.15, 0.2) is 0 Å². The number of carbonyl (C=O) groups is 1. The second kappa shape index (κ2) is 7.06. The van der Waals surface area contributed by atoms with Crippen LogP contribution in [0.2, 0.25) is 0 Å². The van der Waals surface area contributed by atoms with Crippen molar-refractivity contribution in [3.8, 4) is 0 Å². The van der Waals surface area contributed by atoms with Crippen molar-refractivity contribution in [1.29, 1.82) is 0 Å². The fourth-order valence-corrected chi connectivity index (χ4v) is 0.535. The summed E-state index contributed by atoms with van der Waals surface area (Å²) >= 11 is 0. The van der Waals surface area contributed by atoms with E-state index in [4.69, 9.17) is 20.7 Å². The number of carboxylic acid groups (broad SMARTS) is 1. The van der Waals surface area contributed by atoms with Crippen LogP contribution in [-0.2, 0) is 4.79 Å². The molecule has 0 aromatic heterocycles. The predicted molar refractivity (Wildman–Crippen MR) is 47.9 cm³/mol. The molecule has 0 rings (SSSR count). The molecule has 0 saturated heterocycles. The summed E-state index contributed by atoms with van der Waals surface area (Å²) in [7, 11) is 0. The summed E-state index contributed by atoms with van der Waals surface area (Å²) in [5, 5.41) is 15.8. The van der Waals surface area contributed by atoms with Gasteiger partial charge in [0, 0.05) is 19.1 Å². The summed E-state index contributed by atoms with van der Waals surface area (Å²) in [5.74, 6) is -0.833. The zero-order valence-corrected chi connectivity index (χ0v) is 8.00. The van der Waals surface area contributed by atoms with Crippen molar-refractivity contribution in [3.05, 3.63) is 0 Å². The molecule has 0 aliphatic rings. The van der Waals surface area contributed by atoms with Gasteiger partial charge < -0.3 is 15.9 Å². The topological polar surface area (TPSA) is 83.5 Å². The second-order valence-corrected chi connectivity index (χ2v) is 3.33. The lowest BCUT2D eigenvalue weighted by Gasteiger charge is -2.16. The van der Waals surface area contributed by atoms with Crippen molar-refractivity contribution in [3.63, 3.8) is 0 Å². The molecule has 74 valence electrons. The zero-order chi connectivity index (χ0) is 10.2. The monoisotopic (exact) mass is 177 g/mol. The number of hydrogen-bond acceptors (Lipinski definition) is 3. The van der Waals surface area contributed by atoms with Gasteiger partial charge in [-0.05, 0) is 26.7 Å². The Hall–Kier alpha value is -0.610. The molecule has 4 heteroatoms. The van der Waals surface area contributed by atoms with Crippen molar-refractivity contribution < 1.29 is 15.0 Å². The fourth-order valence-electron chi connectivity index (χ4n) is 0.535. The lowest BCUT2D eigenvalue weighted by Crippen LogP contribution is -2.31. The van der Waals surface area contributed by atoms with Gasteiger partial charge in [-0.25, -0.2) is 0 Å². The van der Waals surface area contributed by atoms with Crippen LogP contribution in [0.5, 0.6) is 0 Å². The molecule has 0 unspecified atom stereocenters. The molecule has 0 aromatic carbocycles. The Morgan fingerprint density at radius 1 is 1.50 bits per heavy atom. The van der Waals surface area contributed by atoms with Gasteiger partial charge in [-0.2, -0.15) is 0 Å². The smallest absolute Gasteiger partial charge is 0.300 e. The van der Waals surface area contributed by atoms with Crippen LogP contribution in [0.25, 0.3) is 0 Å². The van der Waals surface area contributed by atoms with Gasteiger partial charge in [0.05, 0.1) is 0 Å². The number of hydrogen-bond donors (Lipinski definition) is 3. The van der Waals surface area contributed by atoms with Crippen LogP contribution in [0.3, 0.4) is 0 Å². The summed E-state index contributed by atoms with van der Waals surface area (Å²) < 4.78 is 0. The summed E-state index contributed by atoms with van der Waals surface area (Å²) in [6.45, 7) is 5.26. The van der Waals surface area contributed by atoms with Gasteiger partial charge in [0.1, 0.15) is 0 Å². The van der Waals surface area contributed by atoms with Gasteiger partial charge in [-0.3, -0.25) is 4.79 Å². The molecule has 12 heavy (non-hydrogen) atoms. The molecule has 4 nitrogen and oxygen atoms in total.